The van der Waals surface area contributed by atoms with Crippen LogP contribution < -0.4 is 11.5 Å². The lowest BCUT2D eigenvalue weighted by Gasteiger charge is -1.81. The first kappa shape index (κ1) is 10.8. The fourth-order valence-electron chi connectivity index (χ4n) is 0. The quantitative estimate of drug-likeness (QED) is 0.532. The SMILES string of the molecule is CC(C)N.CCCN. The summed E-state index contributed by atoms with van der Waals surface area (Å²) in [6, 6.07) is 0.333. The van der Waals surface area contributed by atoms with E-state index in [1.165, 1.54) is 0 Å². The van der Waals surface area contributed by atoms with Crippen LogP contribution >= 0.6 is 0 Å². The summed E-state index contributed by atoms with van der Waals surface area (Å²) in [7, 11) is 0. The Balaban J connectivity index is 0. The average Bonchev–Trinajstić information content (AvgIpc) is 1.65. The van der Waals surface area contributed by atoms with Crippen LogP contribution in [0.15, 0.2) is 0 Å². The Morgan fingerprint density at radius 1 is 1.38 bits per heavy atom. The summed E-state index contributed by atoms with van der Waals surface area (Å²) in [5, 5.41) is 0. The standard InChI is InChI=1S/2C3H9N/c1-3(2)4;1-2-3-4/h3H,4H2,1-2H3;2-4H2,1H3. The predicted octanol–water partition coefficient (Wildman–Crippen LogP) is 0.709. The second kappa shape index (κ2) is 10.0. The van der Waals surface area contributed by atoms with Crippen LogP contribution in [0.5, 0.6) is 0 Å². The zero-order valence-corrected chi connectivity index (χ0v) is 6.15. The van der Waals surface area contributed by atoms with Gasteiger partial charge in [-0.25, -0.2) is 0 Å². The van der Waals surface area contributed by atoms with Gasteiger partial charge in [-0.05, 0) is 19.0 Å². The molecule has 0 aromatic rings. The van der Waals surface area contributed by atoms with Gasteiger partial charge in [0.1, 0.15) is 0 Å². The largest absolute Gasteiger partial charge is 0.330 e. The van der Waals surface area contributed by atoms with Crippen LogP contribution in [0.1, 0.15) is 27.2 Å². The number of nitrogens with two attached hydrogens (primary N) is 2. The van der Waals surface area contributed by atoms with Crippen molar-refractivity contribution in [3.8, 4) is 0 Å². The monoisotopic (exact) mass is 118 g/mol. The summed E-state index contributed by atoms with van der Waals surface area (Å²) in [4.78, 5) is 0. The second-order valence-corrected chi connectivity index (χ2v) is 2.03. The first-order valence-corrected chi connectivity index (χ1v) is 3.10. The Hall–Kier alpha value is -0.0800. The van der Waals surface area contributed by atoms with E-state index in [1.807, 2.05) is 13.8 Å². The topological polar surface area (TPSA) is 52.0 Å². The van der Waals surface area contributed by atoms with Crippen LogP contribution in [0.2, 0.25) is 0 Å². The highest BCUT2D eigenvalue weighted by Crippen LogP contribution is 1.58. The van der Waals surface area contributed by atoms with Gasteiger partial charge in [0.15, 0.2) is 0 Å². The molecule has 0 aromatic heterocycles. The minimum absolute atomic E-state index is 0.333. The maximum Gasteiger partial charge on any atom is -0.00179 e. The van der Waals surface area contributed by atoms with Crippen molar-refractivity contribution in [2.45, 2.75) is 33.2 Å². The Morgan fingerprint density at radius 2 is 1.50 bits per heavy atom. The van der Waals surface area contributed by atoms with Gasteiger partial charge in [0.2, 0.25) is 0 Å². The fraction of sp³-hybridized carbons (Fsp3) is 1.00. The van der Waals surface area contributed by atoms with E-state index in [0.717, 1.165) is 13.0 Å². The van der Waals surface area contributed by atoms with Gasteiger partial charge in [-0.1, -0.05) is 20.8 Å². The number of rotatable bonds is 1. The Kier molecular flexibility index (Phi) is 13.6. The maximum atomic E-state index is 5.11. The van der Waals surface area contributed by atoms with E-state index in [-0.39, 0.29) is 0 Å². The summed E-state index contributed by atoms with van der Waals surface area (Å²) in [5.74, 6) is 0. The molecule has 0 radical (unpaired) electrons. The summed E-state index contributed by atoms with van der Waals surface area (Å²) >= 11 is 0. The lowest BCUT2D eigenvalue weighted by Crippen LogP contribution is -2.06. The molecule has 0 atom stereocenters. The molecule has 0 rings (SSSR count). The Bertz CT molecular complexity index is 23.0. The van der Waals surface area contributed by atoms with Crippen molar-refractivity contribution in [3.63, 3.8) is 0 Å². The number of hydrogen-bond donors (Lipinski definition) is 2. The molecule has 0 aliphatic heterocycles. The molecule has 0 bridgehead atoms. The first-order chi connectivity index (χ1) is 3.65. The van der Waals surface area contributed by atoms with Crippen molar-refractivity contribution in [2.24, 2.45) is 11.5 Å². The minimum atomic E-state index is 0.333. The molecule has 2 nitrogen and oxygen atoms in total. The van der Waals surface area contributed by atoms with E-state index in [1.54, 1.807) is 0 Å². The highest BCUT2D eigenvalue weighted by Gasteiger charge is 1.67. The molecule has 0 saturated carbocycles. The molecule has 0 aromatic carbocycles. The van der Waals surface area contributed by atoms with E-state index < -0.39 is 0 Å². The van der Waals surface area contributed by atoms with Gasteiger partial charge in [0, 0.05) is 0 Å². The molecule has 2 heteroatoms. The van der Waals surface area contributed by atoms with Crippen LogP contribution in [-0.2, 0) is 0 Å². The lowest BCUT2D eigenvalue weighted by molar-refractivity contribution is 0.834. The predicted molar refractivity (Wildman–Crippen MR) is 38.7 cm³/mol. The molecule has 0 unspecified atom stereocenters. The lowest BCUT2D eigenvalue weighted by atomic mass is 10.5. The molecule has 0 spiro atoms. The molecule has 4 N–H and O–H groups in total. The average molecular weight is 118 g/mol. The fourth-order valence-corrected chi connectivity index (χ4v) is 0. The summed E-state index contributed by atoms with van der Waals surface area (Å²) in [5.41, 5.74) is 10.1. The van der Waals surface area contributed by atoms with Crippen LogP contribution in [0.4, 0.5) is 0 Å². The van der Waals surface area contributed by atoms with Crippen molar-refractivity contribution in [1.29, 1.82) is 0 Å². The van der Waals surface area contributed by atoms with Crippen LogP contribution in [0, 0.1) is 0 Å². The highest BCUT2D eigenvalue weighted by molar-refractivity contribution is 4.32. The van der Waals surface area contributed by atoms with E-state index >= 15 is 0 Å². The Labute approximate surface area is 52.2 Å². The molecule has 0 amide bonds. The zero-order valence-electron chi connectivity index (χ0n) is 6.15. The third-order valence-electron chi connectivity index (χ3n) is 0.289. The summed E-state index contributed by atoms with van der Waals surface area (Å²) in [6.45, 7) is 6.76. The molecular formula is C6H18N2. The van der Waals surface area contributed by atoms with Crippen molar-refractivity contribution >= 4 is 0 Å². The zero-order chi connectivity index (χ0) is 6.99. The van der Waals surface area contributed by atoms with Crippen molar-refractivity contribution in [1.82, 2.24) is 0 Å². The number of hydrogen-bond acceptors (Lipinski definition) is 2. The first-order valence-electron chi connectivity index (χ1n) is 3.10. The maximum absolute atomic E-state index is 5.11. The third kappa shape index (κ3) is 169. The normalized spacial score (nSPS) is 8.25. The van der Waals surface area contributed by atoms with Crippen molar-refractivity contribution < 1.29 is 0 Å². The van der Waals surface area contributed by atoms with E-state index in [0.29, 0.717) is 6.04 Å². The van der Waals surface area contributed by atoms with Crippen LogP contribution in [-0.4, -0.2) is 12.6 Å². The molecule has 0 aliphatic rings. The Morgan fingerprint density at radius 3 is 1.50 bits per heavy atom. The molecule has 0 saturated heterocycles. The highest BCUT2D eigenvalue weighted by atomic mass is 14.6. The van der Waals surface area contributed by atoms with Crippen LogP contribution in [0.25, 0.3) is 0 Å². The van der Waals surface area contributed by atoms with Crippen molar-refractivity contribution in [2.75, 3.05) is 6.54 Å². The molecule has 0 heterocycles. The van der Waals surface area contributed by atoms with Crippen LogP contribution in [0.3, 0.4) is 0 Å². The second-order valence-electron chi connectivity index (χ2n) is 2.03. The van der Waals surface area contributed by atoms with E-state index in [9.17, 15) is 0 Å². The van der Waals surface area contributed by atoms with Gasteiger partial charge in [-0.3, -0.25) is 0 Å². The van der Waals surface area contributed by atoms with E-state index in [4.69, 9.17) is 11.5 Å². The van der Waals surface area contributed by atoms with Gasteiger partial charge >= 0.3 is 0 Å². The molecule has 0 fully saturated rings. The minimum Gasteiger partial charge on any atom is -0.330 e. The molecule has 0 aliphatic carbocycles. The van der Waals surface area contributed by atoms with Gasteiger partial charge in [0.25, 0.3) is 0 Å². The molecular weight excluding hydrogens is 100 g/mol. The van der Waals surface area contributed by atoms with Gasteiger partial charge in [-0.15, -0.1) is 0 Å². The van der Waals surface area contributed by atoms with Gasteiger partial charge in [-0.2, -0.15) is 0 Å². The smallest absolute Gasteiger partial charge is 0.00179 e. The van der Waals surface area contributed by atoms with Crippen molar-refractivity contribution in [3.05, 3.63) is 0 Å². The van der Waals surface area contributed by atoms with E-state index in [2.05, 4.69) is 6.92 Å². The third-order valence-corrected chi connectivity index (χ3v) is 0.289. The van der Waals surface area contributed by atoms with Gasteiger partial charge in [0.05, 0.1) is 0 Å². The summed E-state index contributed by atoms with van der Waals surface area (Å²) < 4.78 is 0. The van der Waals surface area contributed by atoms with Gasteiger partial charge < -0.3 is 11.5 Å². The molecule has 52 valence electrons. The summed E-state index contributed by atoms with van der Waals surface area (Å²) in [6.07, 6.45) is 1.10. The molecule has 8 heavy (non-hydrogen) atoms.